The standard InChI is InChI=1S/C22H19Cl2N9O4S3/c23-12-4-11(5-13(24)27-12)38-8-16(34)29-17-19(35)33-18(21(36)37)10(7-39-20(17)33)2-1-3-40-32-9-31-15(6-14(32)25)28-22(26)30-31/h1-2,4-6,9,17,20H,3,7-8H2,(H5-,25,26,28,29,30,34,36,37)/p+1/b2-1+/t17-,20?/m1/s1. The Hall–Kier alpha value is -3.18. The molecule has 3 aromatic rings. The van der Waals surface area contributed by atoms with Crippen molar-refractivity contribution >= 4 is 93.9 Å². The molecule has 1 fully saturated rings. The van der Waals surface area contributed by atoms with Crippen LogP contribution in [0.3, 0.4) is 0 Å². The Balaban J connectivity index is 1.20. The number of aromatic nitrogens is 5. The highest BCUT2D eigenvalue weighted by molar-refractivity contribution is 8.00. The zero-order chi connectivity index (χ0) is 28.6. The van der Waals surface area contributed by atoms with Crippen molar-refractivity contribution in [1.82, 2.24) is 29.8 Å². The van der Waals surface area contributed by atoms with Gasteiger partial charge >= 0.3 is 5.97 Å². The number of anilines is 2. The van der Waals surface area contributed by atoms with Crippen molar-refractivity contribution in [2.75, 3.05) is 28.7 Å². The Morgan fingerprint density at radius 1 is 1.25 bits per heavy atom. The lowest BCUT2D eigenvalue weighted by atomic mass is 10.0. The van der Waals surface area contributed by atoms with Crippen LogP contribution < -0.4 is 20.8 Å². The third kappa shape index (κ3) is 5.95. The third-order valence-corrected chi connectivity index (χ3v) is 9.26. The third-order valence-electron chi connectivity index (χ3n) is 5.67. The second-order valence-corrected chi connectivity index (χ2v) is 12.3. The lowest BCUT2D eigenvalue weighted by Crippen LogP contribution is -2.70. The Morgan fingerprint density at radius 2 is 2.00 bits per heavy atom. The summed E-state index contributed by atoms with van der Waals surface area (Å²) in [5.41, 5.74) is 12.6. The molecule has 0 saturated carbocycles. The van der Waals surface area contributed by atoms with E-state index >= 15 is 0 Å². The number of pyridine rings is 1. The maximum atomic E-state index is 12.9. The molecule has 2 aliphatic heterocycles. The molecule has 2 amide bonds. The van der Waals surface area contributed by atoms with Crippen molar-refractivity contribution in [3.63, 3.8) is 0 Å². The van der Waals surface area contributed by atoms with Gasteiger partial charge in [0.2, 0.25) is 23.7 Å². The van der Waals surface area contributed by atoms with Crippen molar-refractivity contribution in [1.29, 1.82) is 0 Å². The van der Waals surface area contributed by atoms with Crippen LogP contribution in [0.2, 0.25) is 10.3 Å². The number of β-lactam (4-membered cyclic amide) rings is 1. The molecule has 208 valence electrons. The van der Waals surface area contributed by atoms with Gasteiger partial charge in [0.25, 0.3) is 11.9 Å². The average Bonchev–Trinajstić information content (AvgIpc) is 3.25. The number of fused-ring (bicyclic) bond motifs is 2. The molecule has 1 unspecified atom stereocenters. The van der Waals surface area contributed by atoms with Gasteiger partial charge in [-0.1, -0.05) is 40.5 Å². The molecule has 6 N–H and O–H groups in total. The molecule has 0 bridgehead atoms. The zero-order valence-corrected chi connectivity index (χ0v) is 24.2. The number of nitrogens with one attached hydrogen (secondary N) is 1. The smallest absolute Gasteiger partial charge is 0.352 e. The molecule has 0 aromatic carbocycles. The predicted octanol–water partition coefficient (Wildman–Crippen LogP) is 1.47. The van der Waals surface area contributed by atoms with Crippen molar-refractivity contribution in [3.05, 3.63) is 58.3 Å². The molecule has 5 rings (SSSR count). The van der Waals surface area contributed by atoms with Crippen LogP contribution >= 0.6 is 58.7 Å². The van der Waals surface area contributed by atoms with E-state index < -0.39 is 23.3 Å². The fraction of sp³-hybridized carbons (Fsp3) is 0.227. The topological polar surface area (TPSA) is 186 Å². The SMILES string of the molecule is Nc1nc2cc(N)[n+](SC/C=C/C3=C(C(=O)O)N4C(=O)[C@@H](NC(=O)CSc5cc(Cl)nc(Cl)c5)C4SC3)cn2n1. The molecular formula is C22H20Cl2N9O4S3+. The number of carboxylic acids is 1. The minimum Gasteiger partial charge on any atom is -0.477 e. The number of aliphatic carboxylic acids is 1. The Labute approximate surface area is 249 Å². The monoisotopic (exact) mass is 640 g/mol. The normalized spacial score (nSPS) is 18.8. The molecule has 0 aliphatic carbocycles. The van der Waals surface area contributed by atoms with Crippen LogP contribution in [0.1, 0.15) is 0 Å². The van der Waals surface area contributed by atoms with Gasteiger partial charge in [-0.15, -0.1) is 28.0 Å². The summed E-state index contributed by atoms with van der Waals surface area (Å²) in [4.78, 5) is 47.3. The number of halogens is 2. The van der Waals surface area contributed by atoms with Gasteiger partial charge in [-0.2, -0.15) is 8.96 Å². The van der Waals surface area contributed by atoms with Gasteiger partial charge in [0.1, 0.15) is 27.4 Å². The van der Waals surface area contributed by atoms with Gasteiger partial charge in [0, 0.05) is 28.3 Å². The first-order valence-corrected chi connectivity index (χ1v) is 15.1. The van der Waals surface area contributed by atoms with Crippen LogP contribution in [0.4, 0.5) is 11.8 Å². The molecule has 1 saturated heterocycles. The molecular weight excluding hydrogens is 621 g/mol. The van der Waals surface area contributed by atoms with Crippen molar-refractivity contribution < 1.29 is 23.5 Å². The Kier molecular flexibility index (Phi) is 8.32. The summed E-state index contributed by atoms with van der Waals surface area (Å²) in [5.74, 6) is -0.683. The van der Waals surface area contributed by atoms with Gasteiger partial charge < -0.3 is 21.9 Å². The first-order chi connectivity index (χ1) is 19.1. The maximum absolute atomic E-state index is 12.9. The fourth-order valence-electron chi connectivity index (χ4n) is 3.98. The summed E-state index contributed by atoms with van der Waals surface area (Å²) in [5, 5.41) is 16.5. The lowest BCUT2D eigenvalue weighted by Gasteiger charge is -2.49. The van der Waals surface area contributed by atoms with E-state index in [0.29, 0.717) is 33.4 Å². The summed E-state index contributed by atoms with van der Waals surface area (Å²) >= 11 is 15.7. The second kappa shape index (κ2) is 11.7. The summed E-state index contributed by atoms with van der Waals surface area (Å²) in [7, 11) is 0. The number of nitrogen functional groups attached to an aromatic ring is 2. The molecule has 18 heteroatoms. The first kappa shape index (κ1) is 28.4. The quantitative estimate of drug-likeness (QED) is 0.114. The second-order valence-electron chi connectivity index (χ2n) is 8.35. The van der Waals surface area contributed by atoms with Crippen LogP contribution in [-0.2, 0) is 14.4 Å². The molecule has 0 radical (unpaired) electrons. The van der Waals surface area contributed by atoms with Gasteiger partial charge in [-0.25, -0.2) is 9.78 Å². The summed E-state index contributed by atoms with van der Waals surface area (Å²) in [6.07, 6.45) is 5.11. The van der Waals surface area contributed by atoms with Gasteiger partial charge in [0.05, 0.1) is 11.8 Å². The highest BCUT2D eigenvalue weighted by Crippen LogP contribution is 2.40. The van der Waals surface area contributed by atoms with Gasteiger partial charge in [-0.3, -0.25) is 14.5 Å². The Bertz CT molecular complexity index is 1580. The molecule has 40 heavy (non-hydrogen) atoms. The van der Waals surface area contributed by atoms with Crippen molar-refractivity contribution in [2.45, 2.75) is 16.3 Å². The Morgan fingerprint density at radius 3 is 2.73 bits per heavy atom. The number of rotatable bonds is 9. The van der Waals surface area contributed by atoms with E-state index in [4.69, 9.17) is 34.7 Å². The van der Waals surface area contributed by atoms with Crippen LogP contribution in [0.25, 0.3) is 5.65 Å². The first-order valence-electron chi connectivity index (χ1n) is 11.4. The number of thioether (sulfide) groups is 2. The van der Waals surface area contributed by atoms with E-state index in [1.165, 1.54) is 44.9 Å². The summed E-state index contributed by atoms with van der Waals surface area (Å²) in [6, 6.07) is 3.97. The highest BCUT2D eigenvalue weighted by Gasteiger charge is 2.53. The average molecular weight is 642 g/mol. The maximum Gasteiger partial charge on any atom is 0.352 e. The van der Waals surface area contributed by atoms with Gasteiger partial charge in [-0.05, 0) is 17.7 Å². The van der Waals surface area contributed by atoms with Crippen molar-refractivity contribution in [2.24, 2.45) is 0 Å². The molecule has 13 nitrogen and oxygen atoms in total. The highest BCUT2D eigenvalue weighted by atomic mass is 35.5. The molecule has 5 heterocycles. The number of hydrogen-bond donors (Lipinski definition) is 4. The number of carbonyl (C=O) groups excluding carboxylic acids is 2. The summed E-state index contributed by atoms with van der Waals surface area (Å²) < 4.78 is 3.19. The van der Waals surface area contributed by atoms with E-state index in [1.807, 2.05) is 0 Å². The van der Waals surface area contributed by atoms with E-state index in [0.717, 1.165) is 0 Å². The number of amides is 2. The number of nitrogens with zero attached hydrogens (tertiary/aromatic N) is 6. The minimum atomic E-state index is -1.22. The van der Waals surface area contributed by atoms with Crippen molar-refractivity contribution in [3.8, 4) is 0 Å². The van der Waals surface area contributed by atoms with E-state index in [-0.39, 0.29) is 33.6 Å². The number of carboxylic acid groups (broad SMARTS) is 1. The molecule has 3 aromatic heterocycles. The van der Waals surface area contributed by atoms with Crippen LogP contribution in [0.15, 0.2) is 52.8 Å². The van der Waals surface area contributed by atoms with Crippen LogP contribution in [0.5, 0.6) is 0 Å². The molecule has 0 spiro atoms. The van der Waals surface area contributed by atoms with Crippen LogP contribution in [-0.4, -0.2) is 76.0 Å². The van der Waals surface area contributed by atoms with E-state index in [1.54, 1.807) is 40.7 Å². The van der Waals surface area contributed by atoms with Gasteiger partial charge in [0.15, 0.2) is 0 Å². The molecule has 2 aliphatic rings. The molecule has 2 atom stereocenters. The largest absolute Gasteiger partial charge is 0.477 e. The number of allylic oxidation sites excluding steroid dienone is 1. The number of hydrogen-bond acceptors (Lipinski definition) is 11. The zero-order valence-electron chi connectivity index (χ0n) is 20.2. The van der Waals surface area contributed by atoms with E-state index in [9.17, 15) is 19.5 Å². The predicted molar refractivity (Wildman–Crippen MR) is 154 cm³/mol. The van der Waals surface area contributed by atoms with Crippen LogP contribution in [0, 0.1) is 0 Å². The lowest BCUT2D eigenvalue weighted by molar-refractivity contribution is -0.482. The number of carbonyl (C=O) groups is 3. The number of nitrogens with two attached hydrogens (primary N) is 2. The fourth-order valence-corrected chi connectivity index (χ4v) is 7.36. The minimum absolute atomic E-state index is 0.0187. The van der Waals surface area contributed by atoms with E-state index in [2.05, 4.69) is 20.4 Å². The summed E-state index contributed by atoms with van der Waals surface area (Å²) in [6.45, 7) is 0.